The summed E-state index contributed by atoms with van der Waals surface area (Å²) in [6, 6.07) is 0. The third-order valence-corrected chi connectivity index (χ3v) is 2.12. The minimum Gasteiger partial charge on any atom is -0.616 e. The summed E-state index contributed by atoms with van der Waals surface area (Å²) in [4.78, 5) is 9.95. The number of rotatable bonds is 3. The van der Waals surface area contributed by atoms with Gasteiger partial charge in [-0.25, -0.2) is 0 Å². The molecule has 0 aromatic heterocycles. The molecule has 0 aromatic rings. The van der Waals surface area contributed by atoms with E-state index >= 15 is 0 Å². The highest BCUT2D eigenvalue weighted by Gasteiger charge is 2.35. The Kier molecular flexibility index (Phi) is 4.20. The van der Waals surface area contributed by atoms with Gasteiger partial charge in [-0.3, -0.25) is 4.79 Å². The van der Waals surface area contributed by atoms with Crippen LogP contribution in [-0.4, -0.2) is 27.5 Å². The summed E-state index contributed by atoms with van der Waals surface area (Å²) in [5, 5.41) is -1.02. The van der Waals surface area contributed by atoms with Crippen molar-refractivity contribution in [2.45, 2.75) is 6.18 Å². The molecule has 0 fully saturated rings. The molecule has 0 amide bonds. The van der Waals surface area contributed by atoms with Gasteiger partial charge in [0.05, 0.1) is 0 Å². The average molecular weight is 209 g/mol. The molecule has 2 nitrogen and oxygen atoms in total. The minimum atomic E-state index is -4.50. The van der Waals surface area contributed by atoms with Crippen LogP contribution in [0.1, 0.15) is 0 Å². The van der Waals surface area contributed by atoms with Gasteiger partial charge in [-0.1, -0.05) is 0 Å². The van der Waals surface area contributed by atoms with Gasteiger partial charge < -0.3 is 4.55 Å². The molecular formula is C4H4ClF3O2S. The van der Waals surface area contributed by atoms with Gasteiger partial charge in [0.2, 0.25) is 5.75 Å². The number of carbonyl (C=O) groups is 1. The van der Waals surface area contributed by atoms with Crippen LogP contribution in [0.3, 0.4) is 0 Å². The Balaban J connectivity index is 3.69. The zero-order valence-corrected chi connectivity index (χ0v) is 6.72. The number of alkyl halides is 3. The molecule has 0 aliphatic rings. The van der Waals surface area contributed by atoms with Gasteiger partial charge in [0, 0.05) is 0 Å². The molecule has 0 bridgehead atoms. The Bertz CT molecular complexity index is 149. The first-order chi connectivity index (χ1) is 4.81. The van der Waals surface area contributed by atoms with Crippen molar-refractivity contribution in [1.82, 2.24) is 0 Å². The first kappa shape index (κ1) is 11.1. The summed E-state index contributed by atoms with van der Waals surface area (Å²) in [6.07, 6.45) is -4.50. The molecule has 1 atom stereocenters. The van der Waals surface area contributed by atoms with Gasteiger partial charge in [0.25, 0.3) is 5.24 Å². The summed E-state index contributed by atoms with van der Waals surface area (Å²) in [7, 11) is 0. The second-order valence-corrected chi connectivity index (χ2v) is 3.58. The molecular weight excluding hydrogens is 205 g/mol. The molecule has 66 valence electrons. The van der Waals surface area contributed by atoms with Gasteiger partial charge in [0.1, 0.15) is 0 Å². The normalized spacial score (nSPS) is 14.6. The van der Waals surface area contributed by atoms with Crippen molar-refractivity contribution in [2.75, 3.05) is 11.5 Å². The molecule has 1 unspecified atom stereocenters. The van der Waals surface area contributed by atoms with Crippen LogP contribution in [0, 0.1) is 0 Å². The molecule has 7 heteroatoms. The molecule has 0 spiro atoms. The van der Waals surface area contributed by atoms with Crippen molar-refractivity contribution >= 4 is 28.0 Å². The second kappa shape index (κ2) is 4.18. The fraction of sp³-hybridized carbons (Fsp3) is 0.750. The minimum absolute atomic E-state index is 0.749. The molecule has 0 saturated heterocycles. The van der Waals surface area contributed by atoms with E-state index in [1.54, 1.807) is 0 Å². The Morgan fingerprint density at radius 1 is 1.55 bits per heavy atom. The summed E-state index contributed by atoms with van der Waals surface area (Å²) < 4.78 is 44.6. The SMILES string of the molecule is O=C(Cl)C[S+]([O-])CC(F)(F)F. The molecule has 0 rings (SSSR count). The summed E-state index contributed by atoms with van der Waals surface area (Å²) >= 11 is 2.48. The van der Waals surface area contributed by atoms with Crippen LogP contribution in [0.25, 0.3) is 0 Å². The largest absolute Gasteiger partial charge is 0.616 e. The van der Waals surface area contributed by atoms with E-state index in [9.17, 15) is 22.5 Å². The topological polar surface area (TPSA) is 40.1 Å². The van der Waals surface area contributed by atoms with Gasteiger partial charge in [0.15, 0.2) is 5.75 Å². The van der Waals surface area contributed by atoms with Crippen LogP contribution >= 0.6 is 11.6 Å². The zero-order chi connectivity index (χ0) is 9.07. The van der Waals surface area contributed by atoms with E-state index in [0.29, 0.717) is 0 Å². The third kappa shape index (κ3) is 7.96. The van der Waals surface area contributed by atoms with Crippen LogP contribution in [0.2, 0.25) is 0 Å². The first-order valence-corrected chi connectivity index (χ1v) is 4.28. The molecule has 0 saturated carbocycles. The smallest absolute Gasteiger partial charge is 0.433 e. The standard InChI is InChI=1S/C4H4ClF3O2S/c5-3(9)1-11(10)2-4(6,7)8/h1-2H2. The van der Waals surface area contributed by atoms with E-state index in [1.807, 2.05) is 0 Å². The monoisotopic (exact) mass is 208 g/mol. The number of hydrogen-bond acceptors (Lipinski definition) is 2. The molecule has 0 aliphatic carbocycles. The summed E-state index contributed by atoms with van der Waals surface area (Å²) in [5.74, 6) is -2.23. The van der Waals surface area contributed by atoms with Crippen LogP contribution in [0.5, 0.6) is 0 Å². The number of hydrogen-bond donors (Lipinski definition) is 0. The van der Waals surface area contributed by atoms with E-state index in [1.165, 1.54) is 0 Å². The predicted octanol–water partition coefficient (Wildman–Crippen LogP) is 1.06. The van der Waals surface area contributed by atoms with Gasteiger partial charge in [-0.15, -0.1) is 0 Å². The lowest BCUT2D eigenvalue weighted by Crippen LogP contribution is -2.26. The van der Waals surface area contributed by atoms with Gasteiger partial charge in [-0.2, -0.15) is 13.2 Å². The molecule has 0 aromatic carbocycles. The van der Waals surface area contributed by atoms with E-state index in [0.717, 1.165) is 0 Å². The van der Waals surface area contributed by atoms with Crippen LogP contribution < -0.4 is 0 Å². The molecule has 0 N–H and O–H groups in total. The maximum atomic E-state index is 11.4. The van der Waals surface area contributed by atoms with Crippen molar-refractivity contribution in [2.24, 2.45) is 0 Å². The number of halogens is 4. The molecule has 0 aliphatic heterocycles. The second-order valence-electron chi connectivity index (χ2n) is 1.70. The summed E-state index contributed by atoms with van der Waals surface area (Å²) in [5.41, 5.74) is 0. The van der Waals surface area contributed by atoms with Crippen molar-refractivity contribution in [3.63, 3.8) is 0 Å². The van der Waals surface area contributed by atoms with E-state index in [2.05, 4.69) is 0 Å². The van der Waals surface area contributed by atoms with E-state index in [4.69, 9.17) is 11.6 Å². The zero-order valence-electron chi connectivity index (χ0n) is 5.15. The fourth-order valence-corrected chi connectivity index (χ4v) is 1.45. The van der Waals surface area contributed by atoms with Crippen molar-refractivity contribution in [1.29, 1.82) is 0 Å². The van der Waals surface area contributed by atoms with Crippen LogP contribution in [0.4, 0.5) is 13.2 Å². The Labute approximate surface area is 68.9 Å². The summed E-state index contributed by atoms with van der Waals surface area (Å²) in [6.45, 7) is 0. The lowest BCUT2D eigenvalue weighted by Gasteiger charge is -2.10. The maximum absolute atomic E-state index is 11.4. The Hall–Kier alpha value is 0.0600. The lowest BCUT2D eigenvalue weighted by molar-refractivity contribution is -0.109. The predicted molar refractivity (Wildman–Crippen MR) is 34.8 cm³/mol. The highest BCUT2D eigenvalue weighted by atomic mass is 35.5. The maximum Gasteiger partial charge on any atom is 0.433 e. The van der Waals surface area contributed by atoms with Crippen molar-refractivity contribution in [3.05, 3.63) is 0 Å². The van der Waals surface area contributed by atoms with E-state index in [-0.39, 0.29) is 0 Å². The van der Waals surface area contributed by atoms with Gasteiger partial charge >= 0.3 is 6.18 Å². The molecule has 0 radical (unpaired) electrons. The fourth-order valence-electron chi connectivity index (χ4n) is 0.360. The van der Waals surface area contributed by atoms with E-state index < -0.39 is 34.1 Å². The third-order valence-electron chi connectivity index (χ3n) is 0.599. The first-order valence-electron chi connectivity index (χ1n) is 2.41. The molecule has 0 heterocycles. The van der Waals surface area contributed by atoms with Crippen molar-refractivity contribution < 1.29 is 22.5 Å². The quantitative estimate of drug-likeness (QED) is 0.514. The van der Waals surface area contributed by atoms with Crippen LogP contribution in [0.15, 0.2) is 0 Å². The number of carbonyl (C=O) groups excluding carboxylic acids is 1. The highest BCUT2D eigenvalue weighted by molar-refractivity contribution is 7.92. The lowest BCUT2D eigenvalue weighted by atomic mass is 10.8. The highest BCUT2D eigenvalue weighted by Crippen LogP contribution is 2.17. The van der Waals surface area contributed by atoms with Crippen molar-refractivity contribution in [3.8, 4) is 0 Å². The van der Waals surface area contributed by atoms with Crippen LogP contribution in [-0.2, 0) is 16.0 Å². The Morgan fingerprint density at radius 2 is 2.00 bits per heavy atom. The molecule has 11 heavy (non-hydrogen) atoms. The average Bonchev–Trinajstić information content (AvgIpc) is 1.53. The van der Waals surface area contributed by atoms with Gasteiger partial charge in [-0.05, 0) is 22.8 Å². The Morgan fingerprint density at radius 3 is 2.27 bits per heavy atom.